The largest absolute Gasteiger partial charge is 0.392 e. The minimum Gasteiger partial charge on any atom is -0.392 e. The summed E-state index contributed by atoms with van der Waals surface area (Å²) in [6.45, 7) is 3.86. The summed E-state index contributed by atoms with van der Waals surface area (Å²) in [6.07, 6.45) is 0.738. The number of hydrogen-bond donors (Lipinski definition) is 2. The first-order chi connectivity index (χ1) is 9.15. The summed E-state index contributed by atoms with van der Waals surface area (Å²) >= 11 is 1.34. The van der Waals surface area contributed by atoms with Crippen molar-refractivity contribution in [2.45, 2.75) is 26.9 Å². The Labute approximate surface area is 116 Å². The number of amides is 1. The molecular weight excluding hydrogens is 260 g/mol. The van der Waals surface area contributed by atoms with E-state index in [0.29, 0.717) is 4.88 Å². The van der Waals surface area contributed by atoms with Crippen LogP contribution in [0.5, 0.6) is 0 Å². The van der Waals surface area contributed by atoms with Crippen LogP contribution in [0.3, 0.4) is 0 Å². The number of aryl methyl sites for hydroxylation is 2. The van der Waals surface area contributed by atoms with Gasteiger partial charge in [0.15, 0.2) is 0 Å². The highest BCUT2D eigenvalue weighted by molar-refractivity contribution is 7.12. The fourth-order valence-electron chi connectivity index (χ4n) is 1.79. The summed E-state index contributed by atoms with van der Waals surface area (Å²) in [7, 11) is 0. The van der Waals surface area contributed by atoms with Crippen LogP contribution in [0, 0.1) is 6.92 Å². The van der Waals surface area contributed by atoms with Gasteiger partial charge in [0.1, 0.15) is 4.88 Å². The molecule has 0 fully saturated rings. The number of aliphatic hydroxyl groups is 1. The summed E-state index contributed by atoms with van der Waals surface area (Å²) in [5, 5.41) is 12.0. The number of aliphatic hydroxyl groups excluding tert-OH is 1. The molecule has 0 unspecified atom stereocenters. The number of rotatable bonds is 4. The predicted octanol–water partition coefficient (Wildman–Crippen LogP) is 2.76. The molecule has 100 valence electrons. The van der Waals surface area contributed by atoms with E-state index >= 15 is 0 Å². The van der Waals surface area contributed by atoms with Gasteiger partial charge < -0.3 is 10.4 Å². The Balaban J connectivity index is 2.24. The molecule has 4 nitrogen and oxygen atoms in total. The normalized spacial score (nSPS) is 10.5. The van der Waals surface area contributed by atoms with Crippen LogP contribution in [0.1, 0.15) is 33.4 Å². The molecule has 0 atom stereocenters. The number of nitrogens with one attached hydrogen (secondary N) is 1. The van der Waals surface area contributed by atoms with Crippen LogP contribution in [0.25, 0.3) is 0 Å². The molecule has 2 aromatic rings. The number of benzene rings is 1. The minimum atomic E-state index is -0.141. The number of thiazole rings is 1. The number of hydrogen-bond acceptors (Lipinski definition) is 4. The molecule has 1 heterocycles. The Kier molecular flexibility index (Phi) is 4.29. The van der Waals surface area contributed by atoms with Gasteiger partial charge in [0.2, 0.25) is 0 Å². The first-order valence-electron chi connectivity index (χ1n) is 6.09. The standard InChI is InChI=1S/C14H16N2O2S/c1-3-11-13(19-8-15-11)14(18)16-12-6-10(7-17)5-4-9(12)2/h4-6,8,17H,3,7H2,1-2H3,(H,16,18). The van der Waals surface area contributed by atoms with Crippen LogP contribution >= 0.6 is 11.3 Å². The number of carbonyl (C=O) groups is 1. The van der Waals surface area contributed by atoms with Crippen molar-refractivity contribution in [1.29, 1.82) is 0 Å². The summed E-state index contributed by atoms with van der Waals surface area (Å²) in [5.41, 5.74) is 4.98. The lowest BCUT2D eigenvalue weighted by molar-refractivity contribution is 0.102. The van der Waals surface area contributed by atoms with Crippen molar-refractivity contribution >= 4 is 22.9 Å². The van der Waals surface area contributed by atoms with E-state index in [1.165, 1.54) is 11.3 Å². The summed E-state index contributed by atoms with van der Waals surface area (Å²) in [5.74, 6) is -0.141. The maximum atomic E-state index is 12.2. The van der Waals surface area contributed by atoms with Gasteiger partial charge in [-0.2, -0.15) is 0 Å². The Morgan fingerprint density at radius 2 is 2.26 bits per heavy atom. The zero-order valence-electron chi connectivity index (χ0n) is 10.9. The lowest BCUT2D eigenvalue weighted by Gasteiger charge is -2.09. The molecule has 0 bridgehead atoms. The van der Waals surface area contributed by atoms with Gasteiger partial charge in [0.25, 0.3) is 5.91 Å². The van der Waals surface area contributed by atoms with E-state index in [0.717, 1.165) is 28.9 Å². The second-order valence-corrected chi connectivity index (χ2v) is 5.10. The van der Waals surface area contributed by atoms with E-state index in [9.17, 15) is 4.79 Å². The zero-order chi connectivity index (χ0) is 13.8. The highest BCUT2D eigenvalue weighted by Crippen LogP contribution is 2.20. The number of anilines is 1. The zero-order valence-corrected chi connectivity index (χ0v) is 11.8. The van der Waals surface area contributed by atoms with E-state index in [2.05, 4.69) is 10.3 Å². The fourth-order valence-corrected chi connectivity index (χ4v) is 2.56. The van der Waals surface area contributed by atoms with E-state index in [-0.39, 0.29) is 12.5 Å². The van der Waals surface area contributed by atoms with Crippen molar-refractivity contribution in [3.63, 3.8) is 0 Å². The van der Waals surface area contributed by atoms with Crippen LogP contribution < -0.4 is 5.32 Å². The molecule has 2 rings (SSSR count). The van der Waals surface area contributed by atoms with Crippen molar-refractivity contribution in [3.05, 3.63) is 45.4 Å². The summed E-state index contributed by atoms with van der Waals surface area (Å²) < 4.78 is 0. The topological polar surface area (TPSA) is 62.2 Å². The maximum Gasteiger partial charge on any atom is 0.267 e. The molecular formula is C14H16N2O2S. The van der Waals surface area contributed by atoms with Crippen molar-refractivity contribution in [3.8, 4) is 0 Å². The van der Waals surface area contributed by atoms with Crippen molar-refractivity contribution in [1.82, 2.24) is 4.98 Å². The van der Waals surface area contributed by atoms with Gasteiger partial charge in [-0.1, -0.05) is 19.1 Å². The van der Waals surface area contributed by atoms with Gasteiger partial charge in [0.05, 0.1) is 17.8 Å². The van der Waals surface area contributed by atoms with Crippen LogP contribution in [0.15, 0.2) is 23.7 Å². The maximum absolute atomic E-state index is 12.2. The summed E-state index contributed by atoms with van der Waals surface area (Å²) in [4.78, 5) is 17.0. The van der Waals surface area contributed by atoms with Crippen LogP contribution in [0.4, 0.5) is 5.69 Å². The quantitative estimate of drug-likeness (QED) is 0.902. The van der Waals surface area contributed by atoms with Gasteiger partial charge >= 0.3 is 0 Å². The molecule has 5 heteroatoms. The molecule has 0 aliphatic rings. The Morgan fingerprint density at radius 1 is 1.47 bits per heavy atom. The second kappa shape index (κ2) is 5.95. The highest BCUT2D eigenvalue weighted by Gasteiger charge is 2.14. The third kappa shape index (κ3) is 3.00. The first-order valence-corrected chi connectivity index (χ1v) is 6.97. The molecule has 1 aromatic heterocycles. The molecule has 0 radical (unpaired) electrons. The monoisotopic (exact) mass is 276 g/mol. The smallest absolute Gasteiger partial charge is 0.267 e. The second-order valence-electron chi connectivity index (χ2n) is 4.24. The molecule has 1 amide bonds. The number of aromatic nitrogens is 1. The average Bonchev–Trinajstić information content (AvgIpc) is 2.89. The van der Waals surface area contributed by atoms with Crippen molar-refractivity contribution in [2.24, 2.45) is 0 Å². The van der Waals surface area contributed by atoms with Gasteiger partial charge in [-0.3, -0.25) is 4.79 Å². The molecule has 19 heavy (non-hydrogen) atoms. The molecule has 2 N–H and O–H groups in total. The third-order valence-electron chi connectivity index (χ3n) is 2.92. The van der Waals surface area contributed by atoms with E-state index in [1.807, 2.05) is 26.0 Å². The number of carbonyl (C=O) groups excluding carboxylic acids is 1. The first kappa shape index (κ1) is 13.7. The lowest BCUT2D eigenvalue weighted by atomic mass is 10.1. The molecule has 0 aliphatic carbocycles. The summed E-state index contributed by atoms with van der Waals surface area (Å²) in [6, 6.07) is 5.52. The predicted molar refractivity (Wildman–Crippen MR) is 76.5 cm³/mol. The Hall–Kier alpha value is -1.72. The van der Waals surface area contributed by atoms with E-state index in [4.69, 9.17) is 5.11 Å². The van der Waals surface area contributed by atoms with Gasteiger partial charge in [-0.25, -0.2) is 4.98 Å². The van der Waals surface area contributed by atoms with Gasteiger partial charge in [0, 0.05) is 5.69 Å². The SMILES string of the molecule is CCc1ncsc1C(=O)Nc1cc(CO)ccc1C. The Bertz CT molecular complexity index is 593. The van der Waals surface area contributed by atoms with E-state index < -0.39 is 0 Å². The fraction of sp³-hybridized carbons (Fsp3) is 0.286. The highest BCUT2D eigenvalue weighted by atomic mass is 32.1. The molecule has 0 aliphatic heterocycles. The van der Waals surface area contributed by atoms with Crippen LogP contribution in [0.2, 0.25) is 0 Å². The van der Waals surface area contributed by atoms with Gasteiger partial charge in [-0.15, -0.1) is 11.3 Å². The molecule has 0 saturated carbocycles. The molecule has 1 aromatic carbocycles. The lowest BCUT2D eigenvalue weighted by Crippen LogP contribution is -2.13. The Morgan fingerprint density at radius 3 is 2.95 bits per heavy atom. The van der Waals surface area contributed by atoms with E-state index in [1.54, 1.807) is 11.6 Å². The van der Waals surface area contributed by atoms with Crippen LogP contribution in [-0.2, 0) is 13.0 Å². The van der Waals surface area contributed by atoms with Gasteiger partial charge in [-0.05, 0) is 30.5 Å². The van der Waals surface area contributed by atoms with Crippen molar-refractivity contribution in [2.75, 3.05) is 5.32 Å². The third-order valence-corrected chi connectivity index (χ3v) is 3.78. The van der Waals surface area contributed by atoms with Crippen molar-refractivity contribution < 1.29 is 9.90 Å². The minimum absolute atomic E-state index is 0.0378. The number of nitrogens with zero attached hydrogens (tertiary/aromatic N) is 1. The van der Waals surface area contributed by atoms with Crippen LogP contribution in [-0.4, -0.2) is 16.0 Å². The molecule has 0 saturated heterocycles. The average molecular weight is 276 g/mol. The molecule has 0 spiro atoms.